The van der Waals surface area contributed by atoms with Gasteiger partial charge in [0, 0.05) is 30.9 Å². The molecule has 1 saturated carbocycles. The number of carboxylic acid groups (broad SMARTS) is 1. The van der Waals surface area contributed by atoms with Crippen molar-refractivity contribution >= 4 is 17.3 Å². The molecule has 0 atom stereocenters. The van der Waals surface area contributed by atoms with Crippen LogP contribution in [0.5, 0.6) is 0 Å². The smallest absolute Gasteiger partial charge is 0.342 e. The number of aromatic carboxylic acids is 1. The average Bonchev–Trinajstić information content (AvgIpc) is 2.40. The lowest BCUT2D eigenvalue weighted by Gasteiger charge is -2.39. The number of benzene rings is 1. The third-order valence-electron chi connectivity index (χ3n) is 3.81. The maximum atomic E-state index is 11.1. The molecule has 0 unspecified atom stereocenters. The highest BCUT2D eigenvalue weighted by molar-refractivity contribution is 5.93. The van der Waals surface area contributed by atoms with Crippen LogP contribution >= 0.6 is 0 Å². The Hall–Kier alpha value is -2.15. The van der Waals surface area contributed by atoms with Gasteiger partial charge >= 0.3 is 5.97 Å². The van der Waals surface area contributed by atoms with E-state index in [1.54, 1.807) is 6.07 Å². The highest BCUT2D eigenvalue weighted by Gasteiger charge is 2.27. The number of nitrogens with zero attached hydrogens (tertiary/aromatic N) is 2. The molecule has 0 aromatic heterocycles. The van der Waals surface area contributed by atoms with Crippen molar-refractivity contribution in [3.8, 4) is 0 Å². The molecule has 114 valence electrons. The zero-order chi connectivity index (χ0) is 15.4. The molecule has 0 amide bonds. The predicted molar refractivity (Wildman–Crippen MR) is 76.7 cm³/mol. The van der Waals surface area contributed by atoms with Gasteiger partial charge in [0.2, 0.25) is 0 Å². The van der Waals surface area contributed by atoms with Crippen LogP contribution in [0.15, 0.2) is 18.2 Å². The number of aliphatic hydroxyl groups excluding tert-OH is 1. The molecule has 0 bridgehead atoms. The van der Waals surface area contributed by atoms with E-state index in [1.807, 2.05) is 4.90 Å². The Bertz CT molecular complexity index is 542. The Balaban J connectivity index is 2.33. The Labute approximate surface area is 122 Å². The van der Waals surface area contributed by atoms with Crippen molar-refractivity contribution < 1.29 is 19.9 Å². The Kier molecular flexibility index (Phi) is 4.74. The Morgan fingerprint density at radius 2 is 2.14 bits per heavy atom. The third-order valence-corrected chi connectivity index (χ3v) is 3.81. The fraction of sp³-hybridized carbons (Fsp3) is 0.500. The van der Waals surface area contributed by atoms with E-state index in [0.717, 1.165) is 19.3 Å². The van der Waals surface area contributed by atoms with Gasteiger partial charge in [0.15, 0.2) is 0 Å². The lowest BCUT2D eigenvalue weighted by molar-refractivity contribution is -0.385. The molecule has 7 heteroatoms. The molecule has 0 spiro atoms. The summed E-state index contributed by atoms with van der Waals surface area (Å²) in [6.45, 7) is 0.656. The molecule has 2 rings (SSSR count). The van der Waals surface area contributed by atoms with Crippen LogP contribution in [0.3, 0.4) is 0 Å². The molecule has 2 N–H and O–H groups in total. The first-order valence-electron chi connectivity index (χ1n) is 6.94. The van der Waals surface area contributed by atoms with Crippen LogP contribution in [-0.2, 0) is 0 Å². The average molecular weight is 294 g/mol. The van der Waals surface area contributed by atoms with Gasteiger partial charge in [0.1, 0.15) is 5.56 Å². The molecule has 0 heterocycles. The number of nitro benzene ring substituents is 1. The minimum Gasteiger partial charge on any atom is -0.477 e. The van der Waals surface area contributed by atoms with Crippen molar-refractivity contribution in [2.24, 2.45) is 0 Å². The first-order chi connectivity index (χ1) is 10.0. The molecule has 21 heavy (non-hydrogen) atoms. The van der Waals surface area contributed by atoms with Crippen molar-refractivity contribution in [2.45, 2.75) is 31.7 Å². The number of hydrogen-bond acceptors (Lipinski definition) is 5. The number of carboxylic acids is 1. The maximum Gasteiger partial charge on any atom is 0.342 e. The number of hydrogen-bond donors (Lipinski definition) is 2. The van der Waals surface area contributed by atoms with Crippen LogP contribution in [0, 0.1) is 10.1 Å². The lowest BCUT2D eigenvalue weighted by Crippen LogP contribution is -2.41. The van der Waals surface area contributed by atoms with Gasteiger partial charge in [-0.05, 0) is 37.8 Å². The summed E-state index contributed by atoms with van der Waals surface area (Å²) in [5.41, 5.74) is -0.0577. The van der Waals surface area contributed by atoms with E-state index < -0.39 is 16.6 Å². The lowest BCUT2D eigenvalue weighted by atomic mass is 9.90. The molecule has 1 aliphatic rings. The Morgan fingerprint density at radius 1 is 1.43 bits per heavy atom. The summed E-state index contributed by atoms with van der Waals surface area (Å²) < 4.78 is 0. The van der Waals surface area contributed by atoms with Crippen molar-refractivity contribution in [1.82, 2.24) is 0 Å². The van der Waals surface area contributed by atoms with E-state index in [1.165, 1.54) is 12.1 Å². The first kappa shape index (κ1) is 15.2. The monoisotopic (exact) mass is 294 g/mol. The van der Waals surface area contributed by atoms with Crippen molar-refractivity contribution in [3.63, 3.8) is 0 Å². The molecule has 1 aromatic carbocycles. The maximum absolute atomic E-state index is 11.1. The van der Waals surface area contributed by atoms with E-state index in [2.05, 4.69) is 0 Å². The minimum absolute atomic E-state index is 0.0541. The quantitative estimate of drug-likeness (QED) is 0.589. The van der Waals surface area contributed by atoms with Gasteiger partial charge in [-0.15, -0.1) is 0 Å². The fourth-order valence-corrected chi connectivity index (χ4v) is 2.49. The van der Waals surface area contributed by atoms with E-state index >= 15 is 0 Å². The van der Waals surface area contributed by atoms with Crippen LogP contribution in [0.2, 0.25) is 0 Å². The van der Waals surface area contributed by atoms with Gasteiger partial charge in [-0.3, -0.25) is 10.1 Å². The van der Waals surface area contributed by atoms with Crippen LogP contribution < -0.4 is 4.90 Å². The summed E-state index contributed by atoms with van der Waals surface area (Å²) in [6, 6.07) is 4.51. The van der Waals surface area contributed by atoms with Crippen LogP contribution in [0.25, 0.3) is 0 Å². The summed E-state index contributed by atoms with van der Waals surface area (Å²) in [7, 11) is 0. The van der Waals surface area contributed by atoms with Gasteiger partial charge in [0.05, 0.1) is 4.92 Å². The van der Waals surface area contributed by atoms with Crippen LogP contribution in [-0.4, -0.2) is 40.3 Å². The second-order valence-electron chi connectivity index (χ2n) is 5.12. The van der Waals surface area contributed by atoms with E-state index in [9.17, 15) is 14.9 Å². The molecule has 1 aromatic rings. The van der Waals surface area contributed by atoms with Crippen LogP contribution in [0.1, 0.15) is 36.0 Å². The van der Waals surface area contributed by atoms with Gasteiger partial charge in [-0.25, -0.2) is 4.79 Å². The first-order valence-corrected chi connectivity index (χ1v) is 6.94. The topological polar surface area (TPSA) is 104 Å². The molecule has 0 aliphatic heterocycles. The van der Waals surface area contributed by atoms with E-state index in [0.29, 0.717) is 24.7 Å². The highest BCUT2D eigenvalue weighted by atomic mass is 16.6. The summed E-state index contributed by atoms with van der Waals surface area (Å²) in [5, 5.41) is 29.0. The second kappa shape index (κ2) is 6.53. The molecular formula is C14H18N2O5. The van der Waals surface area contributed by atoms with Gasteiger partial charge in [-0.2, -0.15) is 0 Å². The molecule has 7 nitrogen and oxygen atoms in total. The summed E-state index contributed by atoms with van der Waals surface area (Å²) >= 11 is 0. The van der Waals surface area contributed by atoms with E-state index in [4.69, 9.17) is 10.2 Å². The van der Waals surface area contributed by atoms with Crippen LogP contribution in [0.4, 0.5) is 11.4 Å². The number of anilines is 1. The van der Waals surface area contributed by atoms with Crippen molar-refractivity contribution in [3.05, 3.63) is 33.9 Å². The molecular weight excluding hydrogens is 276 g/mol. The van der Waals surface area contributed by atoms with Gasteiger partial charge in [-0.1, -0.05) is 0 Å². The van der Waals surface area contributed by atoms with Gasteiger partial charge in [0.25, 0.3) is 5.69 Å². The minimum atomic E-state index is -1.31. The third kappa shape index (κ3) is 3.30. The fourth-order valence-electron chi connectivity index (χ4n) is 2.49. The number of carbonyl (C=O) groups is 1. The SMILES string of the molecule is O=C(O)c1ccc(N(CCCO)C2CCC2)cc1[N+](=O)[O-]. The molecule has 1 fully saturated rings. The summed E-state index contributed by atoms with van der Waals surface area (Å²) in [5.74, 6) is -1.31. The standard InChI is InChI=1S/C14H18N2O5/c17-8-2-7-15(10-3-1-4-10)11-5-6-12(14(18)19)13(9-11)16(20)21/h5-6,9-10,17H,1-4,7-8H2,(H,18,19). The van der Waals surface area contributed by atoms with Gasteiger partial charge < -0.3 is 15.1 Å². The molecule has 0 radical (unpaired) electrons. The Morgan fingerprint density at radius 3 is 2.62 bits per heavy atom. The summed E-state index contributed by atoms with van der Waals surface area (Å²) in [6.07, 6.45) is 3.72. The number of rotatable bonds is 7. The molecule has 0 saturated heterocycles. The largest absolute Gasteiger partial charge is 0.477 e. The second-order valence-corrected chi connectivity index (χ2v) is 5.12. The van der Waals surface area contributed by atoms with Crippen molar-refractivity contribution in [1.29, 1.82) is 0 Å². The zero-order valence-electron chi connectivity index (χ0n) is 11.6. The predicted octanol–water partition coefficient (Wildman–Crippen LogP) is 2.03. The number of nitro groups is 1. The van der Waals surface area contributed by atoms with E-state index in [-0.39, 0.29) is 12.2 Å². The normalized spacial score (nSPS) is 14.5. The molecule has 1 aliphatic carbocycles. The van der Waals surface area contributed by atoms with Crippen molar-refractivity contribution in [2.75, 3.05) is 18.1 Å². The zero-order valence-corrected chi connectivity index (χ0v) is 11.6. The summed E-state index contributed by atoms with van der Waals surface area (Å²) in [4.78, 5) is 23.4. The highest BCUT2D eigenvalue weighted by Crippen LogP contribution is 2.32. The number of aliphatic hydroxyl groups is 1.